The van der Waals surface area contributed by atoms with Crippen LogP contribution in [0.5, 0.6) is 11.5 Å². The molecule has 1 heterocycles. The summed E-state index contributed by atoms with van der Waals surface area (Å²) >= 11 is 3.79. The Balaban J connectivity index is 1.97. The summed E-state index contributed by atoms with van der Waals surface area (Å²) < 4.78 is 6.20. The molecule has 2 aromatic rings. The summed E-state index contributed by atoms with van der Waals surface area (Å²) in [7, 11) is 2.01. The van der Waals surface area contributed by atoms with Gasteiger partial charge in [-0.25, -0.2) is 0 Å². The summed E-state index contributed by atoms with van der Waals surface area (Å²) in [5.74, 6) is 3.11. The van der Waals surface area contributed by atoms with E-state index in [-0.39, 0.29) is 0 Å². The number of fused-ring (bicyclic) bond motifs is 2. The highest BCUT2D eigenvalue weighted by Crippen LogP contribution is 2.45. The third kappa shape index (κ3) is 3.45. The largest absolute Gasteiger partial charge is 0.457 e. The molecule has 0 aliphatic carbocycles. The zero-order valence-electron chi connectivity index (χ0n) is 13.0. The lowest BCUT2D eigenvalue weighted by molar-refractivity contribution is 0.478. The number of para-hydroxylation sites is 1. The predicted molar refractivity (Wildman–Crippen MR) is 97.6 cm³/mol. The SMILES string of the molecule is CNCCSC1Cc2ccccc2Oc2ccc(SC)cc21. The summed E-state index contributed by atoms with van der Waals surface area (Å²) in [6.07, 6.45) is 3.15. The Morgan fingerprint density at radius 3 is 2.86 bits per heavy atom. The Morgan fingerprint density at radius 1 is 1.18 bits per heavy atom. The van der Waals surface area contributed by atoms with E-state index in [1.54, 1.807) is 11.8 Å². The van der Waals surface area contributed by atoms with Gasteiger partial charge in [0, 0.05) is 28.0 Å². The Bertz CT molecular complexity index is 645. The van der Waals surface area contributed by atoms with E-state index in [0.29, 0.717) is 5.25 Å². The van der Waals surface area contributed by atoms with Crippen molar-refractivity contribution in [2.75, 3.05) is 25.6 Å². The molecule has 0 saturated heterocycles. The Labute approximate surface area is 141 Å². The smallest absolute Gasteiger partial charge is 0.131 e. The van der Waals surface area contributed by atoms with Crippen molar-refractivity contribution in [3.63, 3.8) is 0 Å². The van der Waals surface area contributed by atoms with Gasteiger partial charge in [0.2, 0.25) is 0 Å². The second kappa shape index (κ2) is 7.44. The fourth-order valence-electron chi connectivity index (χ4n) is 2.65. The molecule has 1 aliphatic rings. The molecule has 116 valence electrons. The van der Waals surface area contributed by atoms with E-state index in [1.165, 1.54) is 16.0 Å². The lowest BCUT2D eigenvalue weighted by atomic mass is 10.0. The molecule has 2 aromatic carbocycles. The minimum atomic E-state index is 0.444. The second-order valence-corrected chi connectivity index (χ2v) is 7.47. The molecule has 0 radical (unpaired) electrons. The average molecular weight is 332 g/mol. The fourth-order valence-corrected chi connectivity index (χ4v) is 4.37. The zero-order valence-corrected chi connectivity index (χ0v) is 14.6. The normalized spacial score (nSPS) is 16.4. The number of benzene rings is 2. The lowest BCUT2D eigenvalue weighted by Gasteiger charge is -2.17. The Kier molecular flexibility index (Phi) is 5.34. The van der Waals surface area contributed by atoms with E-state index in [1.807, 2.05) is 24.9 Å². The van der Waals surface area contributed by atoms with Crippen molar-refractivity contribution in [2.45, 2.75) is 16.6 Å². The van der Waals surface area contributed by atoms with Crippen LogP contribution in [0.15, 0.2) is 47.4 Å². The van der Waals surface area contributed by atoms with Gasteiger partial charge in [-0.05, 0) is 49.6 Å². The van der Waals surface area contributed by atoms with Crippen molar-refractivity contribution in [3.8, 4) is 11.5 Å². The maximum absolute atomic E-state index is 6.20. The Morgan fingerprint density at radius 2 is 2.05 bits per heavy atom. The van der Waals surface area contributed by atoms with Gasteiger partial charge in [0.25, 0.3) is 0 Å². The van der Waals surface area contributed by atoms with Crippen LogP contribution in [0.3, 0.4) is 0 Å². The number of nitrogens with one attached hydrogen (secondary N) is 1. The monoisotopic (exact) mass is 331 g/mol. The topological polar surface area (TPSA) is 21.3 Å². The maximum atomic E-state index is 6.20. The van der Waals surface area contributed by atoms with Gasteiger partial charge < -0.3 is 10.1 Å². The van der Waals surface area contributed by atoms with Crippen molar-refractivity contribution in [1.29, 1.82) is 0 Å². The van der Waals surface area contributed by atoms with Gasteiger partial charge in [-0.15, -0.1) is 11.8 Å². The van der Waals surface area contributed by atoms with Crippen LogP contribution in [0.25, 0.3) is 0 Å². The number of ether oxygens (including phenoxy) is 1. The van der Waals surface area contributed by atoms with E-state index in [2.05, 4.69) is 48.0 Å². The van der Waals surface area contributed by atoms with Crippen LogP contribution in [0.4, 0.5) is 0 Å². The molecule has 4 heteroatoms. The molecule has 22 heavy (non-hydrogen) atoms. The molecule has 0 amide bonds. The molecule has 1 aliphatic heterocycles. The van der Waals surface area contributed by atoms with Gasteiger partial charge in [0.05, 0.1) is 0 Å². The van der Waals surface area contributed by atoms with E-state index in [9.17, 15) is 0 Å². The van der Waals surface area contributed by atoms with Gasteiger partial charge in [-0.2, -0.15) is 11.8 Å². The molecular weight excluding hydrogens is 310 g/mol. The predicted octanol–water partition coefficient (Wildman–Crippen LogP) is 4.75. The highest BCUT2D eigenvalue weighted by atomic mass is 32.2. The van der Waals surface area contributed by atoms with Gasteiger partial charge >= 0.3 is 0 Å². The molecule has 1 N–H and O–H groups in total. The average Bonchev–Trinajstić information content (AvgIpc) is 2.71. The first kappa shape index (κ1) is 15.8. The van der Waals surface area contributed by atoms with Crippen LogP contribution in [0.1, 0.15) is 16.4 Å². The summed E-state index contributed by atoms with van der Waals surface area (Å²) in [6.45, 7) is 1.03. The Hall–Kier alpha value is -1.10. The van der Waals surface area contributed by atoms with Crippen molar-refractivity contribution < 1.29 is 4.74 Å². The number of rotatable bonds is 5. The zero-order chi connectivity index (χ0) is 15.4. The molecule has 0 saturated carbocycles. The first-order valence-corrected chi connectivity index (χ1v) is 9.79. The standard InChI is InChI=1S/C18H21NOS2/c1-19-9-10-22-18-11-13-5-3-4-6-16(13)20-17-8-7-14(21-2)12-15(17)18/h3-8,12,18-19H,9-11H2,1-2H3. The molecule has 0 aromatic heterocycles. The molecule has 2 nitrogen and oxygen atoms in total. The quantitative estimate of drug-likeness (QED) is 0.630. The minimum Gasteiger partial charge on any atom is -0.457 e. The molecule has 0 spiro atoms. The van der Waals surface area contributed by atoms with Gasteiger partial charge in [-0.1, -0.05) is 18.2 Å². The minimum absolute atomic E-state index is 0.444. The van der Waals surface area contributed by atoms with Crippen LogP contribution in [0.2, 0.25) is 0 Å². The fraction of sp³-hybridized carbons (Fsp3) is 0.333. The third-order valence-electron chi connectivity index (χ3n) is 3.83. The van der Waals surface area contributed by atoms with Crippen LogP contribution >= 0.6 is 23.5 Å². The first-order valence-electron chi connectivity index (χ1n) is 7.51. The van der Waals surface area contributed by atoms with Crippen molar-refractivity contribution in [3.05, 3.63) is 53.6 Å². The van der Waals surface area contributed by atoms with E-state index in [4.69, 9.17) is 4.74 Å². The highest BCUT2D eigenvalue weighted by molar-refractivity contribution is 7.99. The molecule has 1 atom stereocenters. The third-order valence-corrected chi connectivity index (χ3v) is 5.82. The van der Waals surface area contributed by atoms with E-state index >= 15 is 0 Å². The second-order valence-electron chi connectivity index (χ2n) is 5.28. The van der Waals surface area contributed by atoms with E-state index < -0.39 is 0 Å². The van der Waals surface area contributed by atoms with Crippen molar-refractivity contribution >= 4 is 23.5 Å². The maximum Gasteiger partial charge on any atom is 0.131 e. The molecule has 3 rings (SSSR count). The summed E-state index contributed by atoms with van der Waals surface area (Å²) in [4.78, 5) is 1.30. The lowest BCUT2D eigenvalue weighted by Crippen LogP contribution is -2.11. The summed E-state index contributed by atoms with van der Waals surface area (Å²) in [6, 6.07) is 15.0. The first-order chi connectivity index (χ1) is 10.8. The number of hydrogen-bond donors (Lipinski definition) is 1. The van der Waals surface area contributed by atoms with Crippen LogP contribution in [0, 0.1) is 0 Å². The molecule has 0 bridgehead atoms. The van der Waals surface area contributed by atoms with Gasteiger partial charge in [-0.3, -0.25) is 0 Å². The van der Waals surface area contributed by atoms with Crippen LogP contribution in [-0.2, 0) is 6.42 Å². The van der Waals surface area contributed by atoms with E-state index in [0.717, 1.165) is 30.2 Å². The highest BCUT2D eigenvalue weighted by Gasteiger charge is 2.23. The molecular formula is C18H21NOS2. The van der Waals surface area contributed by atoms with Gasteiger partial charge in [0.1, 0.15) is 11.5 Å². The summed E-state index contributed by atoms with van der Waals surface area (Å²) in [5.41, 5.74) is 2.62. The van der Waals surface area contributed by atoms with Crippen molar-refractivity contribution in [2.24, 2.45) is 0 Å². The van der Waals surface area contributed by atoms with Crippen molar-refractivity contribution in [1.82, 2.24) is 5.32 Å². The number of hydrogen-bond acceptors (Lipinski definition) is 4. The molecule has 1 unspecified atom stereocenters. The summed E-state index contributed by atoms with van der Waals surface area (Å²) in [5, 5.41) is 3.68. The van der Waals surface area contributed by atoms with Gasteiger partial charge in [0.15, 0.2) is 0 Å². The van der Waals surface area contributed by atoms with Crippen LogP contribution in [-0.4, -0.2) is 25.6 Å². The number of thioether (sulfide) groups is 2. The molecule has 0 fully saturated rings. The van der Waals surface area contributed by atoms with Crippen LogP contribution < -0.4 is 10.1 Å².